The number of likely N-dealkylation sites (tertiary alicyclic amines) is 1. The zero-order chi connectivity index (χ0) is 14.7. The normalized spacial score (nSPS) is 33.2. The number of carbonyl (C=O) groups excluding carboxylic acids is 1. The monoisotopic (exact) mass is 297 g/mol. The number of hydrogen-bond acceptors (Lipinski definition) is 5. The molecule has 2 unspecified atom stereocenters. The van der Waals surface area contributed by atoms with E-state index in [2.05, 4.69) is 4.90 Å². The molecule has 3 aliphatic heterocycles. The van der Waals surface area contributed by atoms with Crippen molar-refractivity contribution in [2.45, 2.75) is 63.1 Å². The minimum atomic E-state index is -0.0393. The van der Waals surface area contributed by atoms with Crippen molar-refractivity contribution in [3.05, 3.63) is 0 Å². The summed E-state index contributed by atoms with van der Waals surface area (Å²) < 4.78 is 16.8. The summed E-state index contributed by atoms with van der Waals surface area (Å²) >= 11 is 0. The summed E-state index contributed by atoms with van der Waals surface area (Å²) in [7, 11) is 0. The van der Waals surface area contributed by atoms with Crippen molar-refractivity contribution in [2.75, 3.05) is 33.0 Å². The fourth-order valence-electron chi connectivity index (χ4n) is 4.09. The number of hydrogen-bond donors (Lipinski definition) is 0. The van der Waals surface area contributed by atoms with E-state index in [0.29, 0.717) is 12.6 Å². The van der Waals surface area contributed by atoms with Gasteiger partial charge in [0.25, 0.3) is 0 Å². The molecule has 0 bridgehead atoms. The molecule has 120 valence electrons. The van der Waals surface area contributed by atoms with Crippen molar-refractivity contribution in [1.82, 2.24) is 4.90 Å². The molecule has 21 heavy (non-hydrogen) atoms. The van der Waals surface area contributed by atoms with Crippen molar-refractivity contribution >= 4 is 5.97 Å². The van der Waals surface area contributed by atoms with Gasteiger partial charge in [-0.2, -0.15) is 0 Å². The third-order valence-corrected chi connectivity index (χ3v) is 5.19. The Balaban J connectivity index is 1.66. The molecule has 5 heteroatoms. The van der Waals surface area contributed by atoms with Crippen LogP contribution < -0.4 is 0 Å². The fraction of sp³-hybridized carbons (Fsp3) is 0.938. The van der Waals surface area contributed by atoms with E-state index in [9.17, 15) is 4.79 Å². The fourth-order valence-corrected chi connectivity index (χ4v) is 4.09. The molecule has 0 aromatic rings. The van der Waals surface area contributed by atoms with E-state index < -0.39 is 0 Å². The van der Waals surface area contributed by atoms with Crippen LogP contribution in [0.3, 0.4) is 0 Å². The molecular formula is C16H27NO4. The molecule has 0 amide bonds. The second-order valence-electron chi connectivity index (χ2n) is 6.44. The first-order valence-electron chi connectivity index (χ1n) is 8.38. The molecule has 1 spiro atoms. The summed E-state index contributed by atoms with van der Waals surface area (Å²) in [6.45, 7) is 5.76. The molecule has 0 aromatic carbocycles. The summed E-state index contributed by atoms with van der Waals surface area (Å²) in [5.41, 5.74) is -0.0109. The van der Waals surface area contributed by atoms with Crippen LogP contribution in [0.5, 0.6) is 0 Å². The number of esters is 1. The van der Waals surface area contributed by atoms with Gasteiger partial charge in [-0.1, -0.05) is 0 Å². The van der Waals surface area contributed by atoms with Crippen molar-refractivity contribution in [3.8, 4) is 0 Å². The lowest BCUT2D eigenvalue weighted by Gasteiger charge is -2.46. The molecular weight excluding hydrogens is 270 g/mol. The van der Waals surface area contributed by atoms with E-state index in [-0.39, 0.29) is 17.6 Å². The number of rotatable bonds is 3. The topological polar surface area (TPSA) is 48.0 Å². The Hall–Kier alpha value is -0.650. The van der Waals surface area contributed by atoms with Gasteiger partial charge in [0.1, 0.15) is 6.04 Å². The first-order valence-corrected chi connectivity index (χ1v) is 8.38. The molecule has 3 rings (SSSR count). The average molecular weight is 297 g/mol. The van der Waals surface area contributed by atoms with Crippen molar-refractivity contribution in [3.63, 3.8) is 0 Å². The third kappa shape index (κ3) is 3.25. The molecule has 5 nitrogen and oxygen atoms in total. The maximum Gasteiger partial charge on any atom is 0.323 e. The van der Waals surface area contributed by atoms with E-state index in [1.807, 2.05) is 6.92 Å². The standard InChI is InChI=1S/C16H27NO4/c1-2-20-15(18)14-4-3-8-17(14)13-5-9-21-16(12-13)6-10-19-11-7-16/h13-14H,2-12H2,1H3. The van der Waals surface area contributed by atoms with Crippen LogP contribution in [0.4, 0.5) is 0 Å². The van der Waals surface area contributed by atoms with Gasteiger partial charge in [-0.15, -0.1) is 0 Å². The van der Waals surface area contributed by atoms with E-state index in [0.717, 1.165) is 64.9 Å². The van der Waals surface area contributed by atoms with Crippen LogP contribution in [0.1, 0.15) is 45.4 Å². The SMILES string of the molecule is CCOC(=O)C1CCCN1C1CCOC2(CCOCC2)C1. The predicted octanol–water partition coefficient (Wildman–Crippen LogP) is 1.74. The smallest absolute Gasteiger partial charge is 0.323 e. The number of carbonyl (C=O) groups is 1. The number of nitrogens with zero attached hydrogens (tertiary/aromatic N) is 1. The minimum absolute atomic E-state index is 0.0109. The van der Waals surface area contributed by atoms with Crippen LogP contribution in [-0.4, -0.2) is 61.5 Å². The Morgan fingerprint density at radius 2 is 2.10 bits per heavy atom. The van der Waals surface area contributed by atoms with Gasteiger partial charge in [-0.3, -0.25) is 9.69 Å². The zero-order valence-electron chi connectivity index (χ0n) is 13.0. The average Bonchev–Trinajstić information content (AvgIpc) is 2.98. The highest BCUT2D eigenvalue weighted by Crippen LogP contribution is 2.38. The Morgan fingerprint density at radius 3 is 2.86 bits per heavy atom. The molecule has 3 saturated heterocycles. The molecule has 3 heterocycles. The van der Waals surface area contributed by atoms with E-state index >= 15 is 0 Å². The Labute approximate surface area is 126 Å². The number of ether oxygens (including phenoxy) is 3. The van der Waals surface area contributed by atoms with Crippen LogP contribution in [-0.2, 0) is 19.0 Å². The van der Waals surface area contributed by atoms with Gasteiger partial charge in [0, 0.05) is 25.9 Å². The quantitative estimate of drug-likeness (QED) is 0.743. The summed E-state index contributed by atoms with van der Waals surface area (Å²) in [6, 6.07) is 0.415. The van der Waals surface area contributed by atoms with E-state index in [1.54, 1.807) is 0 Å². The first-order chi connectivity index (χ1) is 10.2. The van der Waals surface area contributed by atoms with Gasteiger partial charge in [0.15, 0.2) is 0 Å². The highest BCUT2D eigenvalue weighted by molar-refractivity contribution is 5.76. The molecule has 3 aliphatic rings. The molecule has 0 N–H and O–H groups in total. The maximum atomic E-state index is 12.2. The zero-order valence-corrected chi connectivity index (χ0v) is 13.0. The van der Waals surface area contributed by atoms with Crippen molar-refractivity contribution in [1.29, 1.82) is 0 Å². The lowest BCUT2D eigenvalue weighted by atomic mass is 9.83. The molecule has 3 fully saturated rings. The van der Waals surface area contributed by atoms with Crippen LogP contribution in [0.15, 0.2) is 0 Å². The highest BCUT2D eigenvalue weighted by Gasteiger charge is 2.44. The summed E-state index contributed by atoms with van der Waals surface area (Å²) in [6.07, 6.45) is 6.07. The minimum Gasteiger partial charge on any atom is -0.465 e. The second kappa shape index (κ2) is 6.63. The van der Waals surface area contributed by atoms with Gasteiger partial charge >= 0.3 is 5.97 Å². The lowest BCUT2D eigenvalue weighted by molar-refractivity contribution is -0.162. The summed E-state index contributed by atoms with van der Waals surface area (Å²) in [5.74, 6) is -0.0393. The van der Waals surface area contributed by atoms with E-state index in [1.165, 1.54) is 0 Å². The van der Waals surface area contributed by atoms with Gasteiger partial charge in [0.05, 0.1) is 12.2 Å². The first kappa shape index (κ1) is 15.3. The predicted molar refractivity (Wildman–Crippen MR) is 78.1 cm³/mol. The van der Waals surface area contributed by atoms with Crippen molar-refractivity contribution < 1.29 is 19.0 Å². The maximum absolute atomic E-state index is 12.2. The van der Waals surface area contributed by atoms with Crippen LogP contribution in [0, 0.1) is 0 Å². The molecule has 0 radical (unpaired) electrons. The van der Waals surface area contributed by atoms with Crippen LogP contribution in [0.25, 0.3) is 0 Å². The van der Waals surface area contributed by atoms with E-state index in [4.69, 9.17) is 14.2 Å². The summed E-state index contributed by atoms with van der Waals surface area (Å²) in [5, 5.41) is 0. The largest absolute Gasteiger partial charge is 0.465 e. The van der Waals surface area contributed by atoms with Gasteiger partial charge in [-0.25, -0.2) is 0 Å². The van der Waals surface area contributed by atoms with Gasteiger partial charge < -0.3 is 14.2 Å². The molecule has 0 aliphatic carbocycles. The third-order valence-electron chi connectivity index (χ3n) is 5.19. The lowest BCUT2D eigenvalue weighted by Crippen LogP contribution is -2.53. The summed E-state index contributed by atoms with van der Waals surface area (Å²) in [4.78, 5) is 14.5. The Morgan fingerprint density at radius 1 is 1.29 bits per heavy atom. The van der Waals surface area contributed by atoms with Gasteiger partial charge in [0.2, 0.25) is 0 Å². The Bertz CT molecular complexity index is 362. The Kier molecular flexibility index (Phi) is 4.82. The molecule has 2 atom stereocenters. The van der Waals surface area contributed by atoms with Gasteiger partial charge in [-0.05, 0) is 52.0 Å². The highest BCUT2D eigenvalue weighted by atomic mass is 16.5. The second-order valence-corrected chi connectivity index (χ2v) is 6.44. The van der Waals surface area contributed by atoms with Crippen LogP contribution >= 0.6 is 0 Å². The van der Waals surface area contributed by atoms with Crippen molar-refractivity contribution in [2.24, 2.45) is 0 Å². The molecule has 0 aromatic heterocycles. The molecule has 0 saturated carbocycles. The van der Waals surface area contributed by atoms with Crippen LogP contribution in [0.2, 0.25) is 0 Å².